The van der Waals surface area contributed by atoms with E-state index in [9.17, 15) is 4.79 Å². The van der Waals surface area contributed by atoms with Gasteiger partial charge in [0.25, 0.3) is 5.91 Å². The SMILES string of the molecule is CCn1nc(C)cc1C(=O)NC1CCCNC1C. The molecule has 1 aliphatic heterocycles. The number of hydrogen-bond acceptors (Lipinski definition) is 3. The van der Waals surface area contributed by atoms with E-state index in [2.05, 4.69) is 22.7 Å². The van der Waals surface area contributed by atoms with Crippen LogP contribution in [0.4, 0.5) is 0 Å². The molecule has 5 nitrogen and oxygen atoms in total. The fraction of sp³-hybridized carbons (Fsp3) is 0.692. The van der Waals surface area contributed by atoms with Crippen molar-refractivity contribution >= 4 is 5.91 Å². The fourth-order valence-electron chi connectivity index (χ4n) is 2.45. The molecule has 0 bridgehead atoms. The number of amides is 1. The minimum atomic E-state index is -0.0157. The van der Waals surface area contributed by atoms with Gasteiger partial charge in [-0.3, -0.25) is 9.48 Å². The maximum atomic E-state index is 12.3. The Morgan fingerprint density at radius 3 is 3.11 bits per heavy atom. The third-order valence-electron chi connectivity index (χ3n) is 3.51. The first-order valence-electron chi connectivity index (χ1n) is 6.70. The minimum absolute atomic E-state index is 0.0157. The van der Waals surface area contributed by atoms with Crippen LogP contribution in [0.1, 0.15) is 42.9 Å². The number of rotatable bonds is 3. The first kappa shape index (κ1) is 13.1. The van der Waals surface area contributed by atoms with Crippen LogP contribution in [0.2, 0.25) is 0 Å². The van der Waals surface area contributed by atoms with Gasteiger partial charge in [-0.1, -0.05) is 0 Å². The van der Waals surface area contributed by atoms with E-state index in [4.69, 9.17) is 0 Å². The lowest BCUT2D eigenvalue weighted by Gasteiger charge is -2.30. The maximum Gasteiger partial charge on any atom is 0.269 e. The quantitative estimate of drug-likeness (QED) is 0.844. The van der Waals surface area contributed by atoms with Crippen LogP contribution in [0.25, 0.3) is 0 Å². The number of aryl methyl sites for hydroxylation is 2. The predicted molar refractivity (Wildman–Crippen MR) is 70.6 cm³/mol. The van der Waals surface area contributed by atoms with Gasteiger partial charge in [0.05, 0.1) is 5.69 Å². The van der Waals surface area contributed by atoms with E-state index in [0.717, 1.165) is 31.6 Å². The average molecular weight is 250 g/mol. The molecule has 18 heavy (non-hydrogen) atoms. The van der Waals surface area contributed by atoms with Crippen molar-refractivity contribution in [2.75, 3.05) is 6.54 Å². The Morgan fingerprint density at radius 2 is 2.44 bits per heavy atom. The van der Waals surface area contributed by atoms with Gasteiger partial charge in [-0.15, -0.1) is 0 Å². The van der Waals surface area contributed by atoms with E-state index in [1.807, 2.05) is 19.9 Å². The fourth-order valence-corrected chi connectivity index (χ4v) is 2.45. The molecule has 1 saturated heterocycles. The Morgan fingerprint density at radius 1 is 1.67 bits per heavy atom. The smallest absolute Gasteiger partial charge is 0.269 e. The summed E-state index contributed by atoms with van der Waals surface area (Å²) in [5, 5.41) is 10.8. The molecule has 2 heterocycles. The molecule has 0 aliphatic carbocycles. The Kier molecular flexibility index (Phi) is 4.01. The number of piperidine rings is 1. The number of aromatic nitrogens is 2. The van der Waals surface area contributed by atoms with Crippen molar-refractivity contribution in [2.24, 2.45) is 0 Å². The van der Waals surface area contributed by atoms with Crippen molar-refractivity contribution in [2.45, 2.75) is 52.2 Å². The predicted octanol–water partition coefficient (Wildman–Crippen LogP) is 1.08. The first-order valence-corrected chi connectivity index (χ1v) is 6.70. The number of hydrogen-bond donors (Lipinski definition) is 2. The summed E-state index contributed by atoms with van der Waals surface area (Å²) in [6.07, 6.45) is 2.15. The molecule has 1 fully saturated rings. The number of carbonyl (C=O) groups is 1. The van der Waals surface area contributed by atoms with E-state index in [1.165, 1.54) is 0 Å². The summed E-state index contributed by atoms with van der Waals surface area (Å²) in [4.78, 5) is 12.3. The molecule has 0 aromatic carbocycles. The molecule has 2 rings (SSSR count). The highest BCUT2D eigenvalue weighted by molar-refractivity contribution is 5.92. The Labute approximate surface area is 108 Å². The van der Waals surface area contributed by atoms with Crippen molar-refractivity contribution in [1.82, 2.24) is 20.4 Å². The van der Waals surface area contributed by atoms with Crippen LogP contribution < -0.4 is 10.6 Å². The lowest BCUT2D eigenvalue weighted by molar-refractivity contribution is 0.0909. The molecule has 2 atom stereocenters. The second-order valence-electron chi connectivity index (χ2n) is 4.95. The van der Waals surface area contributed by atoms with Crippen molar-refractivity contribution in [1.29, 1.82) is 0 Å². The number of nitrogens with one attached hydrogen (secondary N) is 2. The lowest BCUT2D eigenvalue weighted by atomic mass is 10.00. The largest absolute Gasteiger partial charge is 0.346 e. The molecule has 1 amide bonds. The molecular formula is C13H22N4O. The van der Waals surface area contributed by atoms with Gasteiger partial charge >= 0.3 is 0 Å². The van der Waals surface area contributed by atoms with Gasteiger partial charge < -0.3 is 10.6 Å². The molecule has 0 saturated carbocycles. The Balaban J connectivity index is 2.06. The summed E-state index contributed by atoms with van der Waals surface area (Å²) >= 11 is 0. The highest BCUT2D eigenvalue weighted by Crippen LogP contribution is 2.10. The van der Waals surface area contributed by atoms with Crippen LogP contribution in [0, 0.1) is 6.92 Å². The second-order valence-corrected chi connectivity index (χ2v) is 4.95. The second kappa shape index (κ2) is 5.52. The van der Waals surface area contributed by atoms with E-state index < -0.39 is 0 Å². The van der Waals surface area contributed by atoms with Crippen LogP contribution in [-0.2, 0) is 6.54 Å². The zero-order valence-electron chi connectivity index (χ0n) is 11.4. The zero-order chi connectivity index (χ0) is 13.1. The number of carbonyl (C=O) groups excluding carboxylic acids is 1. The summed E-state index contributed by atoms with van der Waals surface area (Å²) in [5.41, 5.74) is 1.55. The summed E-state index contributed by atoms with van der Waals surface area (Å²) in [5.74, 6) is -0.0157. The number of nitrogens with zero attached hydrogens (tertiary/aromatic N) is 2. The first-order chi connectivity index (χ1) is 8.61. The highest BCUT2D eigenvalue weighted by Gasteiger charge is 2.24. The van der Waals surface area contributed by atoms with Crippen molar-refractivity contribution in [3.63, 3.8) is 0 Å². The summed E-state index contributed by atoms with van der Waals surface area (Å²) in [6.45, 7) is 7.78. The monoisotopic (exact) mass is 250 g/mol. The van der Waals surface area contributed by atoms with Gasteiger partial charge in [-0.05, 0) is 46.2 Å². The topological polar surface area (TPSA) is 59.0 Å². The average Bonchev–Trinajstić information content (AvgIpc) is 2.73. The standard InChI is InChI=1S/C13H22N4O/c1-4-17-12(8-9(2)16-17)13(18)15-11-6-5-7-14-10(11)3/h8,10-11,14H,4-7H2,1-3H3,(H,15,18). The normalized spacial score (nSPS) is 23.9. The molecule has 2 unspecified atom stereocenters. The van der Waals surface area contributed by atoms with Crippen LogP contribution in [0.5, 0.6) is 0 Å². The van der Waals surface area contributed by atoms with Crippen LogP contribution in [0.3, 0.4) is 0 Å². The summed E-state index contributed by atoms with van der Waals surface area (Å²) < 4.78 is 1.76. The van der Waals surface area contributed by atoms with E-state index in [0.29, 0.717) is 11.7 Å². The molecule has 5 heteroatoms. The van der Waals surface area contributed by atoms with Gasteiger partial charge in [0.1, 0.15) is 5.69 Å². The van der Waals surface area contributed by atoms with Gasteiger partial charge in [-0.25, -0.2) is 0 Å². The van der Waals surface area contributed by atoms with Crippen LogP contribution in [0.15, 0.2) is 6.07 Å². The molecule has 0 spiro atoms. The molecule has 1 aromatic rings. The van der Waals surface area contributed by atoms with E-state index in [1.54, 1.807) is 4.68 Å². The Bertz CT molecular complexity index is 427. The third-order valence-corrected chi connectivity index (χ3v) is 3.51. The molecule has 100 valence electrons. The molecule has 0 radical (unpaired) electrons. The van der Waals surface area contributed by atoms with E-state index in [-0.39, 0.29) is 11.9 Å². The lowest BCUT2D eigenvalue weighted by Crippen LogP contribution is -2.52. The van der Waals surface area contributed by atoms with Crippen molar-refractivity contribution in [3.05, 3.63) is 17.5 Å². The van der Waals surface area contributed by atoms with Gasteiger partial charge in [0, 0.05) is 18.6 Å². The van der Waals surface area contributed by atoms with Gasteiger partial charge in [0.2, 0.25) is 0 Å². The van der Waals surface area contributed by atoms with E-state index >= 15 is 0 Å². The zero-order valence-corrected chi connectivity index (χ0v) is 11.4. The third kappa shape index (κ3) is 2.72. The summed E-state index contributed by atoms with van der Waals surface area (Å²) in [6, 6.07) is 2.40. The highest BCUT2D eigenvalue weighted by atomic mass is 16.2. The maximum absolute atomic E-state index is 12.3. The van der Waals surface area contributed by atoms with Gasteiger partial charge in [0.15, 0.2) is 0 Å². The molecular weight excluding hydrogens is 228 g/mol. The molecule has 2 N–H and O–H groups in total. The van der Waals surface area contributed by atoms with Crippen molar-refractivity contribution < 1.29 is 4.79 Å². The molecule has 1 aromatic heterocycles. The van der Waals surface area contributed by atoms with Crippen molar-refractivity contribution in [3.8, 4) is 0 Å². The summed E-state index contributed by atoms with van der Waals surface area (Å²) in [7, 11) is 0. The van der Waals surface area contributed by atoms with Crippen LogP contribution in [-0.4, -0.2) is 34.3 Å². The van der Waals surface area contributed by atoms with Gasteiger partial charge in [-0.2, -0.15) is 5.10 Å². The Hall–Kier alpha value is -1.36. The molecule has 1 aliphatic rings. The van der Waals surface area contributed by atoms with Crippen LogP contribution >= 0.6 is 0 Å². The minimum Gasteiger partial charge on any atom is -0.346 e.